The van der Waals surface area contributed by atoms with Gasteiger partial charge in [0.05, 0.1) is 24.4 Å². The lowest BCUT2D eigenvalue weighted by Crippen LogP contribution is -2.24. The quantitative estimate of drug-likeness (QED) is 0.298. The number of thiophene rings is 1. The van der Waals surface area contributed by atoms with E-state index in [2.05, 4.69) is 29.2 Å². The molecule has 0 aliphatic heterocycles. The van der Waals surface area contributed by atoms with Crippen LogP contribution in [0.2, 0.25) is 0 Å². The average molecular weight is 455 g/mol. The van der Waals surface area contributed by atoms with Crippen LogP contribution in [0.1, 0.15) is 24.2 Å². The molecule has 0 bridgehead atoms. The minimum Gasteiger partial charge on any atom is -0.491 e. The van der Waals surface area contributed by atoms with Crippen molar-refractivity contribution in [3.63, 3.8) is 0 Å². The molecule has 0 saturated heterocycles. The van der Waals surface area contributed by atoms with Crippen LogP contribution in [0.25, 0.3) is 32.1 Å². The maximum Gasteiger partial charge on any atom is 0.263 e. The Morgan fingerprint density at radius 3 is 2.55 bits per heavy atom. The van der Waals surface area contributed by atoms with Crippen LogP contribution in [-0.2, 0) is 6.54 Å². The zero-order valence-electron chi connectivity index (χ0n) is 18.3. The second kappa shape index (κ2) is 8.64. The number of nitrogens with zero attached hydrogens (tertiary/aromatic N) is 2. The van der Waals surface area contributed by atoms with E-state index in [1.807, 2.05) is 37.4 Å². The van der Waals surface area contributed by atoms with Crippen molar-refractivity contribution in [3.8, 4) is 16.9 Å². The molecule has 2 aromatic heterocycles. The average Bonchev–Trinajstić information content (AvgIpc) is 3.25. The lowest BCUT2D eigenvalue weighted by molar-refractivity contribution is 0.0970. The molecule has 6 heteroatoms. The van der Waals surface area contributed by atoms with Crippen molar-refractivity contribution in [3.05, 3.63) is 94.4 Å². The zero-order chi connectivity index (χ0) is 22.9. The lowest BCUT2D eigenvalue weighted by Gasteiger charge is -2.10. The van der Waals surface area contributed by atoms with Gasteiger partial charge in [-0.05, 0) is 60.5 Å². The number of carbonyl (C=O) groups excluding carboxylic acids is 1. The summed E-state index contributed by atoms with van der Waals surface area (Å²) in [6, 6.07) is 21.3. The zero-order valence-corrected chi connectivity index (χ0v) is 19.1. The number of ether oxygens (including phenoxy) is 1. The first-order chi connectivity index (χ1) is 16.0. The highest BCUT2D eigenvalue weighted by molar-refractivity contribution is 7.17. The van der Waals surface area contributed by atoms with Crippen LogP contribution < -0.4 is 10.3 Å². The fourth-order valence-electron chi connectivity index (χ4n) is 3.89. The normalized spacial score (nSPS) is 11.4. The van der Waals surface area contributed by atoms with Gasteiger partial charge in [-0.2, -0.15) is 0 Å². The van der Waals surface area contributed by atoms with Crippen LogP contribution in [-0.4, -0.2) is 21.4 Å². The molecule has 5 rings (SSSR count). The predicted molar refractivity (Wildman–Crippen MR) is 133 cm³/mol. The first kappa shape index (κ1) is 21.1. The van der Waals surface area contributed by atoms with E-state index < -0.39 is 0 Å². The van der Waals surface area contributed by atoms with Gasteiger partial charge in [0, 0.05) is 16.5 Å². The topological polar surface area (TPSA) is 61.2 Å². The van der Waals surface area contributed by atoms with E-state index in [4.69, 9.17) is 4.74 Å². The Labute approximate surface area is 194 Å². The maximum absolute atomic E-state index is 13.3. The molecule has 2 heterocycles. The molecule has 0 radical (unpaired) electrons. The van der Waals surface area contributed by atoms with Crippen molar-refractivity contribution in [2.75, 3.05) is 0 Å². The summed E-state index contributed by atoms with van der Waals surface area (Å²) in [5.41, 5.74) is 2.12. The summed E-state index contributed by atoms with van der Waals surface area (Å²) in [4.78, 5) is 31.3. The fraction of sp³-hybridized carbons (Fsp3) is 0.148. The third kappa shape index (κ3) is 4.17. The number of benzene rings is 3. The molecule has 0 unspecified atom stereocenters. The van der Waals surface area contributed by atoms with Gasteiger partial charge in [0.25, 0.3) is 5.56 Å². The van der Waals surface area contributed by atoms with E-state index in [0.29, 0.717) is 21.5 Å². The van der Waals surface area contributed by atoms with Crippen LogP contribution in [0.4, 0.5) is 0 Å². The third-order valence-electron chi connectivity index (χ3n) is 5.48. The van der Waals surface area contributed by atoms with Gasteiger partial charge in [-0.1, -0.05) is 36.4 Å². The second-order valence-corrected chi connectivity index (χ2v) is 9.04. The Bertz CT molecular complexity index is 1530. The molecule has 0 fully saturated rings. The van der Waals surface area contributed by atoms with Gasteiger partial charge in [0.2, 0.25) is 0 Å². The van der Waals surface area contributed by atoms with E-state index >= 15 is 0 Å². The van der Waals surface area contributed by atoms with Crippen LogP contribution in [0.15, 0.2) is 83.2 Å². The maximum atomic E-state index is 13.3. The standard InChI is InChI=1S/C27H22N2O3S/c1-17(2)32-22-11-9-19(10-12-22)24(30)14-29-16-28-26-25(27(29)31)23(15-33-26)21-8-7-18-5-3-4-6-20(18)13-21/h3-13,15-17H,14H2,1-2H3. The highest BCUT2D eigenvalue weighted by Crippen LogP contribution is 2.32. The minimum atomic E-state index is -0.211. The van der Waals surface area contributed by atoms with Crippen molar-refractivity contribution in [2.24, 2.45) is 0 Å². The Morgan fingerprint density at radius 1 is 1.03 bits per heavy atom. The van der Waals surface area contributed by atoms with Crippen molar-refractivity contribution in [2.45, 2.75) is 26.5 Å². The number of aromatic nitrogens is 2. The van der Waals surface area contributed by atoms with Gasteiger partial charge < -0.3 is 4.74 Å². The van der Waals surface area contributed by atoms with Crippen LogP contribution in [0, 0.1) is 0 Å². The first-order valence-corrected chi connectivity index (χ1v) is 11.6. The summed E-state index contributed by atoms with van der Waals surface area (Å²) in [6.07, 6.45) is 1.52. The van der Waals surface area contributed by atoms with Crippen LogP contribution >= 0.6 is 11.3 Å². The Kier molecular flexibility index (Phi) is 5.52. The van der Waals surface area contributed by atoms with Crippen LogP contribution in [0.5, 0.6) is 5.75 Å². The SMILES string of the molecule is CC(C)Oc1ccc(C(=O)Cn2cnc3scc(-c4ccc5ccccc5c4)c3c2=O)cc1. The molecule has 0 aliphatic carbocycles. The number of fused-ring (bicyclic) bond motifs is 2. The molecule has 0 saturated carbocycles. The van der Waals surface area contributed by atoms with Gasteiger partial charge in [-0.25, -0.2) is 4.98 Å². The molecule has 3 aromatic carbocycles. The summed E-state index contributed by atoms with van der Waals surface area (Å²) in [5, 5.41) is 4.76. The molecule has 5 nitrogen and oxygen atoms in total. The number of hydrogen-bond donors (Lipinski definition) is 0. The second-order valence-electron chi connectivity index (χ2n) is 8.18. The Balaban J connectivity index is 1.48. The molecule has 33 heavy (non-hydrogen) atoms. The van der Waals surface area contributed by atoms with Gasteiger partial charge in [0.1, 0.15) is 10.6 Å². The summed E-state index contributed by atoms with van der Waals surface area (Å²) < 4.78 is 7.02. The molecule has 0 amide bonds. The molecular weight excluding hydrogens is 432 g/mol. The highest BCUT2D eigenvalue weighted by atomic mass is 32.1. The Hall–Kier alpha value is -3.77. The monoisotopic (exact) mass is 454 g/mol. The van der Waals surface area contributed by atoms with Crippen molar-refractivity contribution in [1.29, 1.82) is 0 Å². The largest absolute Gasteiger partial charge is 0.491 e. The smallest absolute Gasteiger partial charge is 0.263 e. The van der Waals surface area contributed by atoms with Gasteiger partial charge in [-0.3, -0.25) is 14.2 Å². The van der Waals surface area contributed by atoms with E-state index in [0.717, 1.165) is 21.9 Å². The summed E-state index contributed by atoms with van der Waals surface area (Å²) in [6.45, 7) is 3.83. The van der Waals surface area contributed by atoms with Crippen molar-refractivity contribution >= 4 is 38.1 Å². The summed E-state index contributed by atoms with van der Waals surface area (Å²) >= 11 is 1.44. The molecular formula is C27H22N2O3S. The van der Waals surface area contributed by atoms with Crippen molar-refractivity contribution in [1.82, 2.24) is 9.55 Å². The molecule has 0 spiro atoms. The summed E-state index contributed by atoms with van der Waals surface area (Å²) in [7, 11) is 0. The van der Waals surface area contributed by atoms with E-state index in [1.54, 1.807) is 24.3 Å². The van der Waals surface area contributed by atoms with Gasteiger partial charge in [-0.15, -0.1) is 11.3 Å². The van der Waals surface area contributed by atoms with Crippen molar-refractivity contribution < 1.29 is 9.53 Å². The van der Waals surface area contributed by atoms with E-state index in [9.17, 15) is 9.59 Å². The molecule has 5 aromatic rings. The number of rotatable bonds is 6. The predicted octanol–water partition coefficient (Wildman–Crippen LogP) is 5.95. The first-order valence-electron chi connectivity index (χ1n) is 10.8. The lowest BCUT2D eigenvalue weighted by atomic mass is 10.0. The molecule has 0 N–H and O–H groups in total. The molecule has 0 aliphatic rings. The highest BCUT2D eigenvalue weighted by Gasteiger charge is 2.16. The van der Waals surface area contributed by atoms with E-state index in [1.165, 1.54) is 22.2 Å². The summed E-state index contributed by atoms with van der Waals surface area (Å²) in [5.74, 6) is 0.553. The van der Waals surface area contributed by atoms with Crippen LogP contribution in [0.3, 0.4) is 0 Å². The number of Topliss-reactive ketones (excluding diaryl/α,β-unsaturated/α-hetero) is 1. The minimum absolute atomic E-state index is 0.0605. The third-order valence-corrected chi connectivity index (χ3v) is 6.37. The Morgan fingerprint density at radius 2 is 1.79 bits per heavy atom. The number of hydrogen-bond acceptors (Lipinski definition) is 5. The number of ketones is 1. The molecule has 164 valence electrons. The fourth-order valence-corrected chi connectivity index (χ4v) is 4.79. The van der Waals surface area contributed by atoms with Gasteiger partial charge >= 0.3 is 0 Å². The number of carbonyl (C=O) groups is 1. The van der Waals surface area contributed by atoms with E-state index in [-0.39, 0.29) is 24.0 Å². The molecule has 0 atom stereocenters. The van der Waals surface area contributed by atoms with Gasteiger partial charge in [0.15, 0.2) is 5.78 Å².